The van der Waals surface area contributed by atoms with Gasteiger partial charge < -0.3 is 19.8 Å². The molecule has 3 rings (SSSR count). The Balaban J connectivity index is 1.82. The molecule has 0 aliphatic heterocycles. The molecule has 2 aromatic carbocycles. The number of aromatic amines is 1. The summed E-state index contributed by atoms with van der Waals surface area (Å²) in [6, 6.07) is 21.0. The molecule has 0 saturated carbocycles. The number of hydrogen-bond acceptors (Lipinski definition) is 4. The van der Waals surface area contributed by atoms with Gasteiger partial charge in [-0.3, -0.25) is 4.79 Å². The van der Waals surface area contributed by atoms with Crippen molar-refractivity contribution in [3.05, 3.63) is 106 Å². The summed E-state index contributed by atoms with van der Waals surface area (Å²) in [5, 5.41) is 0. The monoisotopic (exact) mass is 662 g/mol. The van der Waals surface area contributed by atoms with Gasteiger partial charge in [0.25, 0.3) is 0 Å². The molecular weight excluding hydrogens is 607 g/mol. The van der Waals surface area contributed by atoms with Crippen LogP contribution in [-0.2, 0) is 33.1 Å². The van der Waals surface area contributed by atoms with E-state index >= 15 is 0 Å². The number of benzene rings is 2. The zero-order valence-electron chi connectivity index (χ0n) is 28.4. The summed E-state index contributed by atoms with van der Waals surface area (Å²) in [7, 11) is -0.834. The molecule has 7 heteroatoms. The minimum atomic E-state index is -0.834. The molecule has 0 bridgehead atoms. The van der Waals surface area contributed by atoms with Gasteiger partial charge in [0.2, 0.25) is 5.91 Å². The molecular formula is C39H55N2O3PS. The Kier molecular flexibility index (Phi) is 17.5. The van der Waals surface area contributed by atoms with Crippen molar-refractivity contribution in [1.82, 2.24) is 4.98 Å². The van der Waals surface area contributed by atoms with Crippen LogP contribution < -0.4 is 5.73 Å². The van der Waals surface area contributed by atoms with Crippen LogP contribution in [0.25, 0.3) is 0 Å². The number of hydrogen-bond donors (Lipinski definition) is 2. The van der Waals surface area contributed by atoms with Crippen molar-refractivity contribution in [3.63, 3.8) is 0 Å². The second kappa shape index (κ2) is 21.3. The van der Waals surface area contributed by atoms with E-state index in [4.69, 9.17) is 27.0 Å². The fourth-order valence-corrected chi connectivity index (χ4v) is 7.89. The third-order valence-corrected chi connectivity index (χ3v) is 10.3. The number of carbonyl (C=O) groups excluding carboxylic acids is 1. The van der Waals surface area contributed by atoms with Crippen molar-refractivity contribution in [1.29, 1.82) is 0 Å². The molecule has 1 aromatic heterocycles. The largest absolute Gasteiger partial charge is 0.369 e. The number of amides is 1. The first-order valence-corrected chi connectivity index (χ1v) is 19.0. The van der Waals surface area contributed by atoms with Gasteiger partial charge in [0.05, 0.1) is 19.1 Å². The molecule has 3 aromatic rings. The van der Waals surface area contributed by atoms with E-state index in [-0.39, 0.29) is 11.8 Å². The maximum atomic E-state index is 13.5. The normalized spacial score (nSPS) is 13.0. The van der Waals surface area contributed by atoms with Gasteiger partial charge in [0.15, 0.2) is 8.38 Å². The molecule has 0 spiro atoms. The molecule has 0 radical (unpaired) electrons. The Labute approximate surface area is 284 Å². The highest BCUT2D eigenvalue weighted by Crippen LogP contribution is 2.42. The lowest BCUT2D eigenvalue weighted by Crippen LogP contribution is -2.29. The molecule has 3 N–H and O–H groups in total. The first kappa shape index (κ1) is 37.8. The van der Waals surface area contributed by atoms with Crippen LogP contribution in [0.4, 0.5) is 0 Å². The van der Waals surface area contributed by atoms with Gasteiger partial charge in [0.1, 0.15) is 0 Å². The third kappa shape index (κ3) is 11.6. The quantitative estimate of drug-likeness (QED) is 0.0459. The highest BCUT2D eigenvalue weighted by Gasteiger charge is 2.35. The second-order valence-corrected chi connectivity index (χ2v) is 13.9. The number of thiocarbonyl (C=S) groups is 1. The lowest BCUT2D eigenvalue weighted by Gasteiger charge is -2.27. The van der Waals surface area contributed by atoms with E-state index in [1.807, 2.05) is 12.1 Å². The smallest absolute Gasteiger partial charge is 0.225 e. The highest BCUT2D eigenvalue weighted by atomic mass is 32.1. The van der Waals surface area contributed by atoms with Gasteiger partial charge in [-0.1, -0.05) is 113 Å². The van der Waals surface area contributed by atoms with Gasteiger partial charge in [-0.25, -0.2) is 0 Å². The molecule has 0 saturated heterocycles. The number of aromatic nitrogens is 1. The van der Waals surface area contributed by atoms with Gasteiger partial charge in [-0.15, -0.1) is 0 Å². The SMILES string of the molecule is CCCOP(CCC=CCCC(=S)c1c(CC)[nH]c(CC)c1C(C(N)=O)C(CCCc1ccccc1)c1ccccc1)OCCC. The molecule has 2 unspecified atom stereocenters. The molecule has 2 atom stereocenters. The zero-order valence-corrected chi connectivity index (χ0v) is 30.1. The fourth-order valence-electron chi connectivity index (χ4n) is 6.08. The molecule has 1 heterocycles. The predicted octanol–water partition coefficient (Wildman–Crippen LogP) is 10.1. The Morgan fingerprint density at radius 3 is 2.09 bits per heavy atom. The second-order valence-electron chi connectivity index (χ2n) is 11.8. The molecule has 0 aliphatic rings. The van der Waals surface area contributed by atoms with Crippen LogP contribution in [0.3, 0.4) is 0 Å². The molecule has 5 nitrogen and oxygen atoms in total. The summed E-state index contributed by atoms with van der Waals surface area (Å²) in [6.07, 6.45) is 14.2. The number of carbonyl (C=O) groups is 1. The molecule has 0 fully saturated rings. The van der Waals surface area contributed by atoms with Crippen molar-refractivity contribution in [3.8, 4) is 0 Å². The number of H-pyrrole nitrogens is 1. The van der Waals surface area contributed by atoms with Crippen molar-refractivity contribution < 1.29 is 13.8 Å². The zero-order chi connectivity index (χ0) is 33.1. The number of allylic oxidation sites excluding steroid dienone is 2. The van der Waals surface area contributed by atoms with Crippen LogP contribution in [0.2, 0.25) is 0 Å². The maximum Gasteiger partial charge on any atom is 0.225 e. The van der Waals surface area contributed by atoms with E-state index in [9.17, 15) is 4.79 Å². The van der Waals surface area contributed by atoms with Crippen LogP contribution in [0, 0.1) is 0 Å². The summed E-state index contributed by atoms with van der Waals surface area (Å²) >= 11 is 6.16. The van der Waals surface area contributed by atoms with Crippen LogP contribution in [-0.4, -0.2) is 35.1 Å². The third-order valence-electron chi connectivity index (χ3n) is 8.32. The topological polar surface area (TPSA) is 77.3 Å². The van der Waals surface area contributed by atoms with Crippen LogP contribution in [0.5, 0.6) is 0 Å². The molecule has 1 amide bonds. The van der Waals surface area contributed by atoms with E-state index in [0.717, 1.165) is 117 Å². The number of aryl methyl sites for hydroxylation is 3. The summed E-state index contributed by atoms with van der Waals surface area (Å²) in [5.41, 5.74) is 13.0. The lowest BCUT2D eigenvalue weighted by atomic mass is 9.75. The lowest BCUT2D eigenvalue weighted by molar-refractivity contribution is -0.120. The number of nitrogens with two attached hydrogens (primary N) is 1. The van der Waals surface area contributed by atoms with Gasteiger partial charge in [-0.05, 0) is 86.8 Å². The van der Waals surface area contributed by atoms with E-state index in [1.165, 1.54) is 5.56 Å². The van der Waals surface area contributed by atoms with Gasteiger partial charge in [-0.2, -0.15) is 0 Å². The Morgan fingerprint density at radius 1 is 0.891 bits per heavy atom. The minimum absolute atomic E-state index is 0.0468. The minimum Gasteiger partial charge on any atom is -0.369 e. The highest BCUT2D eigenvalue weighted by molar-refractivity contribution is 7.80. The number of nitrogens with one attached hydrogen (secondary N) is 1. The number of rotatable bonds is 23. The Morgan fingerprint density at radius 2 is 1.50 bits per heavy atom. The summed E-state index contributed by atoms with van der Waals surface area (Å²) < 4.78 is 11.9. The first-order valence-electron chi connectivity index (χ1n) is 17.3. The van der Waals surface area contributed by atoms with Crippen LogP contribution in [0.15, 0.2) is 72.8 Å². The summed E-state index contributed by atoms with van der Waals surface area (Å²) in [5.74, 6) is -0.811. The molecule has 250 valence electrons. The fraction of sp³-hybridized carbons (Fsp3) is 0.487. The van der Waals surface area contributed by atoms with E-state index in [1.54, 1.807) is 0 Å². The van der Waals surface area contributed by atoms with E-state index in [0.29, 0.717) is 0 Å². The predicted molar refractivity (Wildman–Crippen MR) is 199 cm³/mol. The maximum absolute atomic E-state index is 13.5. The average molecular weight is 663 g/mol. The van der Waals surface area contributed by atoms with Gasteiger partial charge in [0, 0.05) is 28.0 Å². The molecule has 46 heavy (non-hydrogen) atoms. The van der Waals surface area contributed by atoms with E-state index < -0.39 is 14.3 Å². The van der Waals surface area contributed by atoms with E-state index in [2.05, 4.69) is 93.4 Å². The number of primary amides is 1. The Bertz CT molecular complexity index is 1330. The van der Waals surface area contributed by atoms with Crippen LogP contribution in [0.1, 0.15) is 118 Å². The van der Waals surface area contributed by atoms with Crippen molar-refractivity contribution >= 4 is 31.4 Å². The summed E-state index contributed by atoms with van der Waals surface area (Å²) in [4.78, 5) is 18.1. The Hall–Kier alpha value is -2.63. The van der Waals surface area contributed by atoms with Crippen molar-refractivity contribution in [2.45, 2.75) is 104 Å². The molecule has 0 aliphatic carbocycles. The van der Waals surface area contributed by atoms with Gasteiger partial charge >= 0.3 is 0 Å². The summed E-state index contributed by atoms with van der Waals surface area (Å²) in [6.45, 7) is 10.0. The average Bonchev–Trinajstić information content (AvgIpc) is 3.45. The van der Waals surface area contributed by atoms with Crippen molar-refractivity contribution in [2.75, 3.05) is 19.4 Å². The first-order chi connectivity index (χ1) is 22.4. The van der Waals surface area contributed by atoms with Crippen LogP contribution >= 0.6 is 20.6 Å². The van der Waals surface area contributed by atoms with Crippen molar-refractivity contribution in [2.24, 2.45) is 5.73 Å². The standard InChI is InChI=1S/C39H55N2O3PS/c1-5-27-43-45(44-28-6-2)29-18-10-9-17-26-35(46)37-33(7-3)41-34(8-4)38(37)36(39(40)42)32(31-23-15-12-16-24-31)25-19-22-30-20-13-11-14-21-30/h9-16,20-21,23-24,32,36,41H,5-8,17-19,22,25-29H2,1-4H3,(H2,40,42).